The fourth-order valence-corrected chi connectivity index (χ4v) is 1.70. The van der Waals surface area contributed by atoms with Crippen molar-refractivity contribution >= 4 is 0 Å². The van der Waals surface area contributed by atoms with E-state index in [1.807, 2.05) is 20.0 Å². The zero-order valence-electron chi connectivity index (χ0n) is 12.2. The molecule has 0 bridgehead atoms. The largest absolute Gasteiger partial charge is 0.488 e. The van der Waals surface area contributed by atoms with Crippen molar-refractivity contribution in [3.05, 3.63) is 29.6 Å². The Hall–Kier alpha value is -1.13. The lowest BCUT2D eigenvalue weighted by molar-refractivity contribution is 0.0803. The van der Waals surface area contributed by atoms with Crippen molar-refractivity contribution in [2.75, 3.05) is 26.9 Å². The maximum absolute atomic E-state index is 13.8. The summed E-state index contributed by atoms with van der Waals surface area (Å²) in [5, 5.41) is 3.09. The molecule has 1 rings (SSSR count). The van der Waals surface area contributed by atoms with Crippen LogP contribution in [0.15, 0.2) is 18.2 Å². The van der Waals surface area contributed by atoms with Crippen molar-refractivity contribution in [2.24, 2.45) is 5.92 Å². The summed E-state index contributed by atoms with van der Waals surface area (Å²) in [6.07, 6.45) is 0. The van der Waals surface area contributed by atoms with Crippen molar-refractivity contribution in [3.63, 3.8) is 0 Å². The number of para-hydroxylation sites is 1. The molecule has 1 unspecified atom stereocenters. The van der Waals surface area contributed by atoms with Gasteiger partial charge in [-0.05, 0) is 26.0 Å². The number of hydrogen-bond acceptors (Lipinski definition) is 3. The normalized spacial score (nSPS) is 12.7. The van der Waals surface area contributed by atoms with Crippen LogP contribution in [0.25, 0.3) is 0 Å². The lowest BCUT2D eigenvalue weighted by atomic mass is 10.1. The summed E-state index contributed by atoms with van der Waals surface area (Å²) in [4.78, 5) is 0. The number of rotatable bonds is 8. The first-order valence-electron chi connectivity index (χ1n) is 6.72. The van der Waals surface area contributed by atoms with Gasteiger partial charge in [0.25, 0.3) is 0 Å². The highest BCUT2D eigenvalue weighted by molar-refractivity contribution is 5.37. The van der Waals surface area contributed by atoms with E-state index in [1.54, 1.807) is 6.07 Å². The molecule has 4 heteroatoms. The Labute approximate surface area is 115 Å². The van der Waals surface area contributed by atoms with Gasteiger partial charge < -0.3 is 14.8 Å². The molecule has 0 heterocycles. The lowest BCUT2D eigenvalue weighted by Crippen LogP contribution is -2.16. The van der Waals surface area contributed by atoms with E-state index in [0.717, 1.165) is 5.56 Å². The summed E-state index contributed by atoms with van der Waals surface area (Å²) in [5.41, 5.74) is 0.825. The Kier molecular flexibility index (Phi) is 6.81. The molecule has 0 aliphatic rings. The van der Waals surface area contributed by atoms with Crippen molar-refractivity contribution in [1.29, 1.82) is 0 Å². The monoisotopic (exact) mass is 269 g/mol. The third-order valence-corrected chi connectivity index (χ3v) is 2.82. The molecule has 1 aromatic carbocycles. The Morgan fingerprint density at radius 3 is 2.58 bits per heavy atom. The minimum Gasteiger partial charge on any atom is -0.488 e. The summed E-state index contributed by atoms with van der Waals surface area (Å²) >= 11 is 0. The molecule has 0 fully saturated rings. The van der Waals surface area contributed by atoms with Crippen LogP contribution in [0.4, 0.5) is 4.39 Å². The standard InChI is InChI=1S/C15H24FNO2/c1-11(2)10-18-8-9-19-15-13(12(3)17-4)6-5-7-14(15)16/h5-7,11-12,17H,8-10H2,1-4H3. The highest BCUT2D eigenvalue weighted by atomic mass is 19.1. The van der Waals surface area contributed by atoms with Crippen LogP contribution >= 0.6 is 0 Å². The Morgan fingerprint density at radius 1 is 1.21 bits per heavy atom. The van der Waals surface area contributed by atoms with E-state index in [0.29, 0.717) is 31.5 Å². The van der Waals surface area contributed by atoms with E-state index in [4.69, 9.17) is 9.47 Å². The molecule has 0 radical (unpaired) electrons. The fourth-order valence-electron chi connectivity index (χ4n) is 1.70. The Morgan fingerprint density at radius 2 is 1.95 bits per heavy atom. The van der Waals surface area contributed by atoms with E-state index in [1.165, 1.54) is 6.07 Å². The van der Waals surface area contributed by atoms with E-state index in [9.17, 15) is 4.39 Å². The minimum absolute atomic E-state index is 0.0438. The molecular formula is C15H24FNO2. The molecule has 1 N–H and O–H groups in total. The molecular weight excluding hydrogens is 245 g/mol. The highest BCUT2D eigenvalue weighted by Crippen LogP contribution is 2.27. The first kappa shape index (κ1) is 15.9. The van der Waals surface area contributed by atoms with Gasteiger partial charge in [0.2, 0.25) is 0 Å². The Balaban J connectivity index is 2.56. The first-order valence-corrected chi connectivity index (χ1v) is 6.72. The van der Waals surface area contributed by atoms with E-state index >= 15 is 0 Å². The van der Waals surface area contributed by atoms with Gasteiger partial charge in [-0.25, -0.2) is 4.39 Å². The second-order valence-electron chi connectivity index (χ2n) is 4.99. The van der Waals surface area contributed by atoms with Crippen LogP contribution in [-0.4, -0.2) is 26.9 Å². The van der Waals surface area contributed by atoms with Gasteiger partial charge >= 0.3 is 0 Å². The zero-order valence-corrected chi connectivity index (χ0v) is 12.2. The third-order valence-electron chi connectivity index (χ3n) is 2.82. The quantitative estimate of drug-likeness (QED) is 0.735. The molecule has 0 saturated carbocycles. The molecule has 3 nitrogen and oxygen atoms in total. The number of hydrogen-bond donors (Lipinski definition) is 1. The second-order valence-corrected chi connectivity index (χ2v) is 4.99. The summed E-state index contributed by atoms with van der Waals surface area (Å²) in [6.45, 7) is 7.67. The number of ether oxygens (including phenoxy) is 2. The van der Waals surface area contributed by atoms with E-state index in [-0.39, 0.29) is 11.9 Å². The number of halogens is 1. The number of benzene rings is 1. The second kappa shape index (κ2) is 8.12. The zero-order chi connectivity index (χ0) is 14.3. The van der Waals surface area contributed by atoms with E-state index in [2.05, 4.69) is 19.2 Å². The summed E-state index contributed by atoms with van der Waals surface area (Å²) in [6, 6.07) is 5.02. The predicted molar refractivity (Wildman–Crippen MR) is 75.0 cm³/mol. The van der Waals surface area contributed by atoms with Gasteiger partial charge in [-0.3, -0.25) is 0 Å². The molecule has 0 amide bonds. The van der Waals surface area contributed by atoms with Crippen LogP contribution < -0.4 is 10.1 Å². The van der Waals surface area contributed by atoms with Gasteiger partial charge in [0.15, 0.2) is 11.6 Å². The number of nitrogens with one attached hydrogen (secondary N) is 1. The van der Waals surface area contributed by atoms with Gasteiger partial charge in [-0.15, -0.1) is 0 Å². The SMILES string of the molecule is CNC(C)c1cccc(F)c1OCCOCC(C)C. The van der Waals surface area contributed by atoms with Gasteiger partial charge in [0, 0.05) is 18.2 Å². The van der Waals surface area contributed by atoms with Crippen molar-refractivity contribution < 1.29 is 13.9 Å². The van der Waals surface area contributed by atoms with Crippen LogP contribution in [0.2, 0.25) is 0 Å². The molecule has 0 aliphatic carbocycles. The molecule has 0 aromatic heterocycles. The van der Waals surface area contributed by atoms with Gasteiger partial charge in [0.05, 0.1) is 6.61 Å². The molecule has 1 aromatic rings. The van der Waals surface area contributed by atoms with E-state index < -0.39 is 0 Å². The van der Waals surface area contributed by atoms with Crippen LogP contribution in [0.5, 0.6) is 5.75 Å². The van der Waals surface area contributed by atoms with Gasteiger partial charge in [-0.2, -0.15) is 0 Å². The molecule has 0 spiro atoms. The Bertz CT molecular complexity index is 382. The smallest absolute Gasteiger partial charge is 0.165 e. The van der Waals surface area contributed by atoms with Gasteiger partial charge in [0.1, 0.15) is 6.61 Å². The first-order chi connectivity index (χ1) is 9.06. The van der Waals surface area contributed by atoms with Crippen molar-refractivity contribution in [2.45, 2.75) is 26.8 Å². The van der Waals surface area contributed by atoms with Crippen LogP contribution in [0, 0.1) is 11.7 Å². The van der Waals surface area contributed by atoms with Gasteiger partial charge in [-0.1, -0.05) is 26.0 Å². The average Bonchev–Trinajstić information content (AvgIpc) is 2.38. The average molecular weight is 269 g/mol. The topological polar surface area (TPSA) is 30.5 Å². The highest BCUT2D eigenvalue weighted by Gasteiger charge is 2.14. The van der Waals surface area contributed by atoms with Crippen molar-refractivity contribution in [1.82, 2.24) is 5.32 Å². The summed E-state index contributed by atoms with van der Waals surface area (Å²) in [7, 11) is 1.84. The maximum Gasteiger partial charge on any atom is 0.165 e. The van der Waals surface area contributed by atoms with Crippen molar-refractivity contribution in [3.8, 4) is 5.75 Å². The molecule has 108 valence electrons. The molecule has 1 atom stereocenters. The van der Waals surface area contributed by atoms with Crippen LogP contribution in [0.1, 0.15) is 32.4 Å². The fraction of sp³-hybridized carbons (Fsp3) is 0.600. The minimum atomic E-state index is -0.330. The molecule has 0 aliphatic heterocycles. The predicted octanol–water partition coefficient (Wildman–Crippen LogP) is 3.16. The third kappa shape index (κ3) is 5.17. The molecule has 19 heavy (non-hydrogen) atoms. The lowest BCUT2D eigenvalue weighted by Gasteiger charge is -2.17. The van der Waals surface area contributed by atoms with Crippen LogP contribution in [0.3, 0.4) is 0 Å². The van der Waals surface area contributed by atoms with Crippen LogP contribution in [-0.2, 0) is 4.74 Å². The maximum atomic E-state index is 13.8. The summed E-state index contributed by atoms with van der Waals surface area (Å²) < 4.78 is 24.7. The molecule has 0 saturated heterocycles. The summed E-state index contributed by atoms with van der Waals surface area (Å²) in [5.74, 6) is 0.481.